The van der Waals surface area contributed by atoms with Gasteiger partial charge in [0.05, 0.1) is 15.6 Å². The molecular weight excluding hydrogens is 409 g/mol. The molecule has 0 aliphatic heterocycles. The van der Waals surface area contributed by atoms with Gasteiger partial charge in [-0.15, -0.1) is 0 Å². The molecule has 2 aromatic rings. The van der Waals surface area contributed by atoms with Crippen LogP contribution in [0.2, 0.25) is 5.02 Å². The number of nitrogens with zero attached hydrogens (tertiary/aromatic N) is 3. The third kappa shape index (κ3) is 3.70. The lowest BCUT2D eigenvalue weighted by molar-refractivity contribution is -0.383. The molecule has 0 spiro atoms. The first-order valence-electron chi connectivity index (χ1n) is 5.98. The minimum atomic E-state index is -0.527. The Bertz CT molecular complexity index is 683. The van der Waals surface area contributed by atoms with Crippen molar-refractivity contribution >= 4 is 57.2 Å². The van der Waals surface area contributed by atoms with E-state index in [0.717, 1.165) is 3.57 Å². The van der Waals surface area contributed by atoms with Crippen LogP contribution in [0, 0.1) is 13.7 Å². The molecule has 2 N–H and O–H groups in total. The molecule has 0 atom stereocenters. The molecular formula is C12H11ClIN5O2. The highest BCUT2D eigenvalue weighted by Crippen LogP contribution is 2.33. The summed E-state index contributed by atoms with van der Waals surface area (Å²) in [6, 6.07) is 5.33. The fraction of sp³-hybridized carbons (Fsp3) is 0.167. The number of anilines is 3. The Morgan fingerprint density at radius 2 is 2.10 bits per heavy atom. The predicted octanol–water partition coefficient (Wildman–Crippen LogP) is 3.82. The largest absolute Gasteiger partial charge is 0.364 e. The number of nitro groups is 1. The third-order valence-corrected chi connectivity index (χ3v) is 3.52. The van der Waals surface area contributed by atoms with Gasteiger partial charge >= 0.3 is 5.69 Å². The van der Waals surface area contributed by atoms with Crippen LogP contribution >= 0.6 is 34.2 Å². The van der Waals surface area contributed by atoms with Crippen LogP contribution in [-0.4, -0.2) is 21.4 Å². The topological polar surface area (TPSA) is 93.0 Å². The summed E-state index contributed by atoms with van der Waals surface area (Å²) in [7, 11) is 0. The zero-order chi connectivity index (χ0) is 15.4. The molecule has 0 fully saturated rings. The summed E-state index contributed by atoms with van der Waals surface area (Å²) < 4.78 is 0.966. The first-order chi connectivity index (χ1) is 10.0. The Morgan fingerprint density at radius 3 is 2.71 bits per heavy atom. The van der Waals surface area contributed by atoms with Crippen molar-refractivity contribution in [3.63, 3.8) is 0 Å². The van der Waals surface area contributed by atoms with Gasteiger partial charge in [0.15, 0.2) is 0 Å². The summed E-state index contributed by atoms with van der Waals surface area (Å²) in [6.45, 7) is 2.34. The van der Waals surface area contributed by atoms with E-state index in [1.807, 2.05) is 13.0 Å². The zero-order valence-electron chi connectivity index (χ0n) is 10.9. The molecule has 0 saturated carbocycles. The number of nitrogens with one attached hydrogen (secondary N) is 2. The van der Waals surface area contributed by atoms with E-state index < -0.39 is 4.92 Å². The smallest absolute Gasteiger partial charge is 0.353 e. The van der Waals surface area contributed by atoms with Crippen LogP contribution in [0.1, 0.15) is 6.92 Å². The zero-order valence-corrected chi connectivity index (χ0v) is 13.8. The Kier molecular flexibility index (Phi) is 5.12. The van der Waals surface area contributed by atoms with Crippen LogP contribution in [0.5, 0.6) is 0 Å². The Hall–Kier alpha value is -1.68. The predicted molar refractivity (Wildman–Crippen MR) is 90.3 cm³/mol. The van der Waals surface area contributed by atoms with Gasteiger partial charge in [0, 0.05) is 10.1 Å². The molecule has 1 aromatic carbocycles. The second-order valence-corrected chi connectivity index (χ2v) is 5.61. The van der Waals surface area contributed by atoms with Crippen LogP contribution in [0.4, 0.5) is 23.0 Å². The van der Waals surface area contributed by atoms with Gasteiger partial charge in [-0.1, -0.05) is 11.6 Å². The van der Waals surface area contributed by atoms with Crippen molar-refractivity contribution < 1.29 is 4.92 Å². The molecule has 1 heterocycles. The number of hydrogen-bond donors (Lipinski definition) is 2. The van der Waals surface area contributed by atoms with E-state index in [4.69, 9.17) is 11.6 Å². The van der Waals surface area contributed by atoms with Crippen molar-refractivity contribution in [2.45, 2.75) is 6.92 Å². The van der Waals surface area contributed by atoms with E-state index in [0.29, 0.717) is 17.3 Å². The number of benzene rings is 1. The number of rotatable bonds is 5. The summed E-state index contributed by atoms with van der Waals surface area (Å²) >= 11 is 8.25. The van der Waals surface area contributed by atoms with Crippen LogP contribution in [-0.2, 0) is 0 Å². The van der Waals surface area contributed by atoms with Gasteiger partial charge in [0.25, 0.3) is 0 Å². The molecule has 0 radical (unpaired) electrons. The van der Waals surface area contributed by atoms with Crippen LogP contribution in [0.25, 0.3) is 0 Å². The van der Waals surface area contributed by atoms with Gasteiger partial charge < -0.3 is 10.6 Å². The summed E-state index contributed by atoms with van der Waals surface area (Å²) in [5.74, 6) is 0.260. The summed E-state index contributed by atoms with van der Waals surface area (Å²) in [5.41, 5.74) is 0.329. The van der Waals surface area contributed by atoms with E-state index in [1.165, 1.54) is 6.33 Å². The first-order valence-corrected chi connectivity index (χ1v) is 7.44. The van der Waals surface area contributed by atoms with E-state index in [1.54, 1.807) is 12.1 Å². The molecule has 0 bridgehead atoms. The molecule has 0 saturated heterocycles. The second kappa shape index (κ2) is 6.85. The summed E-state index contributed by atoms with van der Waals surface area (Å²) in [4.78, 5) is 18.6. The van der Waals surface area contributed by atoms with E-state index in [9.17, 15) is 10.1 Å². The molecule has 2 rings (SSSR count). The minimum Gasteiger partial charge on any atom is -0.364 e. The third-order valence-electron chi connectivity index (χ3n) is 2.53. The van der Waals surface area contributed by atoms with E-state index in [-0.39, 0.29) is 17.3 Å². The van der Waals surface area contributed by atoms with Gasteiger partial charge in [-0.25, -0.2) is 9.97 Å². The molecule has 0 aliphatic carbocycles. The molecule has 110 valence electrons. The molecule has 1 aromatic heterocycles. The molecule has 0 unspecified atom stereocenters. The molecule has 0 aliphatic rings. The average molecular weight is 420 g/mol. The summed E-state index contributed by atoms with van der Waals surface area (Å²) in [6.07, 6.45) is 1.26. The van der Waals surface area contributed by atoms with Crippen molar-refractivity contribution in [3.05, 3.63) is 43.2 Å². The summed E-state index contributed by atoms with van der Waals surface area (Å²) in [5, 5.41) is 17.4. The first kappa shape index (κ1) is 15.7. The van der Waals surface area contributed by atoms with E-state index in [2.05, 4.69) is 43.2 Å². The van der Waals surface area contributed by atoms with Crippen molar-refractivity contribution in [3.8, 4) is 0 Å². The standard InChI is InChI=1S/C12H11ClIN5O2/c1-2-15-11-10(19(20)21)12(17-6-16-11)18-9-4-3-7(14)5-8(9)13/h3-6H,2H2,1H3,(H2,15,16,17,18). The average Bonchev–Trinajstić information content (AvgIpc) is 2.42. The van der Waals surface area contributed by atoms with Crippen LogP contribution in [0.3, 0.4) is 0 Å². The monoisotopic (exact) mass is 419 g/mol. The second-order valence-electron chi connectivity index (χ2n) is 3.96. The number of aromatic nitrogens is 2. The van der Waals surface area contributed by atoms with Crippen molar-refractivity contribution in [1.29, 1.82) is 0 Å². The normalized spacial score (nSPS) is 10.2. The van der Waals surface area contributed by atoms with Crippen molar-refractivity contribution in [2.75, 3.05) is 17.2 Å². The Balaban J connectivity index is 2.43. The lowest BCUT2D eigenvalue weighted by atomic mass is 10.3. The Morgan fingerprint density at radius 1 is 1.38 bits per heavy atom. The highest BCUT2D eigenvalue weighted by molar-refractivity contribution is 14.1. The van der Waals surface area contributed by atoms with E-state index >= 15 is 0 Å². The number of halogens is 2. The maximum Gasteiger partial charge on any atom is 0.353 e. The molecule has 9 heteroatoms. The molecule has 0 amide bonds. The van der Waals surface area contributed by atoms with Gasteiger partial charge in [-0.2, -0.15) is 0 Å². The minimum absolute atomic E-state index is 0.0917. The van der Waals surface area contributed by atoms with Crippen molar-refractivity contribution in [1.82, 2.24) is 9.97 Å². The lowest BCUT2D eigenvalue weighted by Gasteiger charge is -2.10. The molecule has 7 nitrogen and oxygen atoms in total. The SMILES string of the molecule is CCNc1ncnc(Nc2ccc(I)cc2Cl)c1[N+](=O)[O-]. The Labute approximate surface area is 139 Å². The molecule has 21 heavy (non-hydrogen) atoms. The van der Waals surface area contributed by atoms with Gasteiger partial charge in [-0.3, -0.25) is 10.1 Å². The van der Waals surface area contributed by atoms with Gasteiger partial charge in [-0.05, 0) is 47.7 Å². The van der Waals surface area contributed by atoms with Crippen LogP contribution in [0.15, 0.2) is 24.5 Å². The van der Waals surface area contributed by atoms with Gasteiger partial charge in [0.1, 0.15) is 6.33 Å². The quantitative estimate of drug-likeness (QED) is 0.435. The van der Waals surface area contributed by atoms with Crippen LogP contribution < -0.4 is 10.6 Å². The maximum absolute atomic E-state index is 11.3. The fourth-order valence-electron chi connectivity index (χ4n) is 1.66. The van der Waals surface area contributed by atoms with Crippen molar-refractivity contribution in [2.24, 2.45) is 0 Å². The highest BCUT2D eigenvalue weighted by Gasteiger charge is 2.23. The fourth-order valence-corrected chi connectivity index (χ4v) is 2.56. The maximum atomic E-state index is 11.3. The van der Waals surface area contributed by atoms with Gasteiger partial charge in [0.2, 0.25) is 11.6 Å². The lowest BCUT2D eigenvalue weighted by Crippen LogP contribution is -2.07. The highest BCUT2D eigenvalue weighted by atomic mass is 127. The number of hydrogen-bond acceptors (Lipinski definition) is 6.